The summed E-state index contributed by atoms with van der Waals surface area (Å²) >= 11 is -2.65. The summed E-state index contributed by atoms with van der Waals surface area (Å²) < 4.78 is 4.48. The summed E-state index contributed by atoms with van der Waals surface area (Å²) in [6.45, 7) is 2.16. The van der Waals surface area contributed by atoms with Gasteiger partial charge in [-0.15, -0.1) is 0 Å². The molecule has 4 aromatic rings. The summed E-state index contributed by atoms with van der Waals surface area (Å²) in [6, 6.07) is 42.6. The molecule has 0 aromatic heterocycles. The molecule has 0 fully saturated rings. The van der Waals surface area contributed by atoms with Crippen molar-refractivity contribution in [1.82, 2.24) is 0 Å². The summed E-state index contributed by atoms with van der Waals surface area (Å²) in [5, 5.41) is 1.09. The third-order valence-electron chi connectivity index (χ3n) is 5.13. The first-order chi connectivity index (χ1) is 13.3. The molecule has 0 aliphatic rings. The molecule has 0 unspecified atom stereocenters. The van der Waals surface area contributed by atoms with Crippen LogP contribution in [0, 0.1) is 6.92 Å². The average Bonchev–Trinajstić information content (AvgIpc) is 2.75. The van der Waals surface area contributed by atoms with Crippen LogP contribution in [0.3, 0.4) is 0 Å². The van der Waals surface area contributed by atoms with Crippen LogP contribution in [0.5, 0.6) is 0 Å². The summed E-state index contributed by atoms with van der Waals surface area (Å²) in [7, 11) is 0. The summed E-state index contributed by atoms with van der Waals surface area (Å²) in [5.41, 5.74) is 2.73. The van der Waals surface area contributed by atoms with Gasteiger partial charge in [0.15, 0.2) is 0 Å². The van der Waals surface area contributed by atoms with Crippen LogP contribution in [-0.2, 0) is 5.21 Å². The number of aryl methyl sites for hydroxylation is 1. The maximum absolute atomic E-state index is 2.65. The fourth-order valence-corrected chi connectivity index (χ4v) is 12.6. The Morgan fingerprint density at radius 3 is 1.21 bits per heavy atom. The molecule has 4 rings (SSSR count). The Hall–Kier alpha value is -2.08. The molecule has 0 aliphatic carbocycles. The van der Waals surface area contributed by atoms with E-state index in [9.17, 15) is 0 Å². The van der Waals surface area contributed by atoms with Gasteiger partial charge in [0, 0.05) is 0 Å². The van der Waals surface area contributed by atoms with Gasteiger partial charge in [0.05, 0.1) is 0 Å². The van der Waals surface area contributed by atoms with E-state index >= 15 is 0 Å². The van der Waals surface area contributed by atoms with Crippen molar-refractivity contribution < 1.29 is 17.0 Å². The molecule has 2 heteroatoms. The first-order valence-corrected chi connectivity index (χ1v) is 13.5. The molecule has 0 saturated carbocycles. The maximum atomic E-state index is 2.33. The molecule has 0 heterocycles. The third kappa shape index (κ3) is 4.17. The third-order valence-corrected chi connectivity index (χ3v) is 14.3. The van der Waals surface area contributed by atoms with Gasteiger partial charge in [-0.3, -0.25) is 0 Å². The van der Waals surface area contributed by atoms with Crippen LogP contribution in [-0.4, -0.2) is 13.6 Å². The molecule has 0 N–H and O–H groups in total. The zero-order valence-electron chi connectivity index (χ0n) is 16.0. The molecule has 0 bridgehead atoms. The zero-order valence-corrected chi connectivity index (χ0v) is 19.5. The van der Waals surface area contributed by atoms with Crippen LogP contribution in [0.15, 0.2) is 115 Å². The fraction of sp³-hybridized carbons (Fsp3) is 0.0769. The minimum atomic E-state index is -2.65. The van der Waals surface area contributed by atoms with Crippen LogP contribution < -0.4 is 30.0 Å². The predicted octanol–water partition coefficient (Wildman–Crippen LogP) is 1.25. The second kappa shape index (κ2) is 9.41. The van der Waals surface area contributed by atoms with Gasteiger partial charge in [-0.25, -0.2) is 0 Å². The normalized spacial score (nSPS) is 10.9. The van der Waals surface area contributed by atoms with Crippen LogP contribution >= 0.6 is 0 Å². The van der Waals surface area contributed by atoms with Gasteiger partial charge in [0.25, 0.3) is 0 Å². The molecule has 140 valence electrons. The topological polar surface area (TPSA) is 0 Å². The van der Waals surface area contributed by atoms with Gasteiger partial charge in [-0.2, -0.15) is 0 Å². The Bertz CT molecular complexity index is 884. The van der Waals surface area contributed by atoms with E-state index < -0.39 is 13.6 Å². The van der Waals surface area contributed by atoms with Crippen molar-refractivity contribution in [2.24, 2.45) is 0 Å². The van der Waals surface area contributed by atoms with Gasteiger partial charge >= 0.3 is 165 Å². The second-order valence-electron chi connectivity index (χ2n) is 6.96. The molecule has 0 saturated heterocycles. The minimum absolute atomic E-state index is 0. The molecule has 0 spiro atoms. The van der Waals surface area contributed by atoms with Crippen LogP contribution in [0.4, 0.5) is 0 Å². The molecule has 0 amide bonds. The first kappa shape index (κ1) is 20.6. The second-order valence-corrected chi connectivity index (χ2v) is 14.3. The molecule has 0 nitrogen and oxygen atoms in total. The van der Waals surface area contributed by atoms with Crippen LogP contribution in [0.1, 0.15) is 11.1 Å². The van der Waals surface area contributed by atoms with E-state index in [4.69, 9.17) is 0 Å². The number of benzene rings is 4. The SMILES string of the molecule is Cc1ccc(C[As+](c2ccccc2)(c2ccccc2)c2ccccc2)cc1.[Br-]. The molecule has 4 aromatic carbocycles. The molecule has 0 atom stereocenters. The fourth-order valence-electron chi connectivity index (χ4n) is 3.74. The average molecular weight is 491 g/mol. The van der Waals surface area contributed by atoms with Crippen molar-refractivity contribution in [3.63, 3.8) is 0 Å². The van der Waals surface area contributed by atoms with Gasteiger partial charge < -0.3 is 17.0 Å². The van der Waals surface area contributed by atoms with E-state index in [1.165, 1.54) is 24.2 Å². The van der Waals surface area contributed by atoms with E-state index in [1.807, 2.05) is 0 Å². The monoisotopic (exact) mass is 490 g/mol. The van der Waals surface area contributed by atoms with Crippen LogP contribution in [0.2, 0.25) is 0 Å². The smallest absolute Gasteiger partial charge is 1.00 e. The van der Waals surface area contributed by atoms with Crippen molar-refractivity contribution in [1.29, 1.82) is 0 Å². The Balaban J connectivity index is 0.00000225. The van der Waals surface area contributed by atoms with Gasteiger partial charge in [0.2, 0.25) is 0 Å². The van der Waals surface area contributed by atoms with E-state index in [0.29, 0.717) is 0 Å². The Labute approximate surface area is 181 Å². The van der Waals surface area contributed by atoms with Crippen molar-refractivity contribution in [3.05, 3.63) is 126 Å². The molecule has 0 aliphatic heterocycles. The Morgan fingerprint density at radius 2 is 0.857 bits per heavy atom. The predicted molar refractivity (Wildman–Crippen MR) is 119 cm³/mol. The first-order valence-electron chi connectivity index (χ1n) is 9.39. The Morgan fingerprint density at radius 1 is 0.500 bits per heavy atom. The molecular weight excluding hydrogens is 467 g/mol. The van der Waals surface area contributed by atoms with Crippen molar-refractivity contribution >= 4 is 26.6 Å². The number of halogens is 1. The molecule has 0 radical (unpaired) electrons. The quantitative estimate of drug-likeness (QED) is 0.369. The van der Waals surface area contributed by atoms with Gasteiger partial charge in [-0.1, -0.05) is 0 Å². The van der Waals surface area contributed by atoms with Crippen molar-refractivity contribution in [3.8, 4) is 0 Å². The summed E-state index contributed by atoms with van der Waals surface area (Å²) in [6.07, 6.45) is 0. The number of hydrogen-bond acceptors (Lipinski definition) is 0. The van der Waals surface area contributed by atoms with Crippen LogP contribution in [0.25, 0.3) is 0 Å². The van der Waals surface area contributed by atoms with Crippen molar-refractivity contribution in [2.75, 3.05) is 0 Å². The summed E-state index contributed by atoms with van der Waals surface area (Å²) in [4.78, 5) is 0. The van der Waals surface area contributed by atoms with Crippen molar-refractivity contribution in [2.45, 2.75) is 12.1 Å². The van der Waals surface area contributed by atoms with E-state index in [-0.39, 0.29) is 17.0 Å². The van der Waals surface area contributed by atoms with Gasteiger partial charge in [-0.05, 0) is 0 Å². The number of rotatable bonds is 5. The van der Waals surface area contributed by atoms with E-state index in [1.54, 1.807) is 0 Å². The zero-order chi connectivity index (χ0) is 18.5. The Kier molecular flexibility index (Phi) is 6.94. The standard InChI is InChI=1S/C26H24As.BrH/c1-22-17-19-23(20-18-22)21-27(24-11-5-2-6-12-24,25-13-7-3-8-14-25)26-15-9-4-10-16-26;/h2-20H,21H2,1H3;1H/q+1;/p-1. The maximum Gasteiger partial charge on any atom is -1.00 e. The number of hydrogen-bond donors (Lipinski definition) is 0. The van der Waals surface area contributed by atoms with Gasteiger partial charge in [0.1, 0.15) is 0 Å². The molecular formula is C26H24AsBr. The summed E-state index contributed by atoms with van der Waals surface area (Å²) in [5.74, 6) is 0. The van der Waals surface area contributed by atoms with E-state index in [2.05, 4.69) is 122 Å². The van der Waals surface area contributed by atoms with E-state index in [0.717, 1.165) is 5.21 Å². The minimum Gasteiger partial charge on any atom is -1.00 e. The molecule has 28 heavy (non-hydrogen) atoms. The largest absolute Gasteiger partial charge is 1.00 e.